The van der Waals surface area contributed by atoms with Crippen molar-refractivity contribution in [2.75, 3.05) is 5.32 Å². The Balaban J connectivity index is 2.36. The van der Waals surface area contributed by atoms with Crippen LogP contribution in [-0.4, -0.2) is 9.97 Å². The van der Waals surface area contributed by atoms with Gasteiger partial charge in [-0.3, -0.25) is 0 Å². The Morgan fingerprint density at radius 1 is 1.26 bits per heavy atom. The van der Waals surface area contributed by atoms with Crippen LogP contribution in [0.15, 0.2) is 34.9 Å². The molecule has 0 radical (unpaired) electrons. The molecule has 1 aromatic carbocycles. The summed E-state index contributed by atoms with van der Waals surface area (Å²) in [5.74, 6) is -1.20. The number of thiocarbonyl (C=S) groups is 1. The predicted molar refractivity (Wildman–Crippen MR) is 77.5 cm³/mol. The lowest BCUT2D eigenvalue weighted by Crippen LogP contribution is -2.10. The number of hydrogen-bond acceptors (Lipinski definition) is 3. The molecule has 7 heteroatoms. The molecule has 0 saturated heterocycles. The molecule has 1 aromatic heterocycles. The molecule has 0 aliphatic heterocycles. The molecule has 2 rings (SSSR count). The van der Waals surface area contributed by atoms with Gasteiger partial charge >= 0.3 is 0 Å². The number of benzene rings is 1. The van der Waals surface area contributed by atoms with Crippen molar-refractivity contribution in [2.45, 2.75) is 0 Å². The van der Waals surface area contributed by atoms with Gasteiger partial charge in [0.2, 0.25) is 0 Å². The van der Waals surface area contributed by atoms with Gasteiger partial charge in [0.05, 0.1) is 0 Å². The maximum absolute atomic E-state index is 13.6. The summed E-state index contributed by atoms with van der Waals surface area (Å²) < 4.78 is 27.6. The van der Waals surface area contributed by atoms with E-state index in [2.05, 4.69) is 26.2 Å². The van der Waals surface area contributed by atoms with Crippen molar-refractivity contribution >= 4 is 44.6 Å². The Bertz CT molecular complexity index is 626. The molecule has 0 fully saturated rings. The van der Waals surface area contributed by atoms with Crippen molar-refractivity contribution in [3.05, 3.63) is 52.1 Å². The third-order valence-electron chi connectivity index (χ3n) is 2.30. The van der Waals surface area contributed by atoms with Gasteiger partial charge in [-0.15, -0.1) is 0 Å². The number of pyridine rings is 1. The highest BCUT2D eigenvalue weighted by Crippen LogP contribution is 2.26. The van der Waals surface area contributed by atoms with Crippen molar-refractivity contribution in [3.8, 4) is 0 Å². The summed E-state index contributed by atoms with van der Waals surface area (Å²) in [7, 11) is 0. The van der Waals surface area contributed by atoms with E-state index in [1.165, 1.54) is 12.3 Å². The lowest BCUT2D eigenvalue weighted by molar-refractivity contribution is 0.589. The third kappa shape index (κ3) is 3.24. The molecule has 0 bridgehead atoms. The molecule has 98 valence electrons. The fourth-order valence-electron chi connectivity index (χ4n) is 1.44. The normalized spacial score (nSPS) is 10.3. The summed E-state index contributed by atoms with van der Waals surface area (Å²) >= 11 is 7.83. The zero-order valence-corrected chi connectivity index (χ0v) is 11.9. The Morgan fingerprint density at radius 2 is 1.89 bits per heavy atom. The first-order chi connectivity index (χ1) is 8.97. The van der Waals surface area contributed by atoms with Crippen LogP contribution in [0.1, 0.15) is 5.56 Å². The number of nitrogens with one attached hydrogen (secondary N) is 1. The molecular formula is C12H8BrF2N3S. The van der Waals surface area contributed by atoms with E-state index in [4.69, 9.17) is 18.0 Å². The van der Waals surface area contributed by atoms with E-state index in [-0.39, 0.29) is 16.5 Å². The molecule has 0 atom stereocenters. The summed E-state index contributed by atoms with van der Waals surface area (Å²) in [6.07, 6.45) is 1.45. The second-order valence-corrected chi connectivity index (χ2v) is 5.02. The van der Waals surface area contributed by atoms with Crippen LogP contribution >= 0.6 is 28.1 Å². The Morgan fingerprint density at radius 3 is 2.47 bits per heavy atom. The Kier molecular flexibility index (Phi) is 4.06. The molecule has 2 aromatic rings. The first-order valence-corrected chi connectivity index (χ1v) is 6.35. The Hall–Kier alpha value is -1.60. The molecular weight excluding hydrogens is 336 g/mol. The first-order valence-electron chi connectivity index (χ1n) is 5.15. The van der Waals surface area contributed by atoms with E-state index in [9.17, 15) is 8.78 Å². The molecule has 3 N–H and O–H groups in total. The van der Waals surface area contributed by atoms with E-state index >= 15 is 0 Å². The second-order valence-electron chi connectivity index (χ2n) is 3.66. The largest absolute Gasteiger partial charge is 0.389 e. The van der Waals surface area contributed by atoms with Gasteiger partial charge in [-0.25, -0.2) is 13.8 Å². The number of aromatic nitrogens is 1. The minimum Gasteiger partial charge on any atom is -0.389 e. The zero-order valence-electron chi connectivity index (χ0n) is 9.45. The maximum atomic E-state index is 13.6. The monoisotopic (exact) mass is 343 g/mol. The minimum atomic E-state index is -0.727. The zero-order chi connectivity index (χ0) is 14.0. The van der Waals surface area contributed by atoms with E-state index in [1.54, 1.807) is 6.07 Å². The van der Waals surface area contributed by atoms with Crippen molar-refractivity contribution in [3.63, 3.8) is 0 Å². The van der Waals surface area contributed by atoms with Crippen LogP contribution in [0.5, 0.6) is 0 Å². The SMILES string of the molecule is NC(=S)c1ccnc(Nc2c(F)cc(Br)cc2F)c1. The second kappa shape index (κ2) is 5.58. The molecule has 0 aliphatic rings. The van der Waals surface area contributed by atoms with Gasteiger partial charge < -0.3 is 11.1 Å². The van der Waals surface area contributed by atoms with Crippen LogP contribution < -0.4 is 11.1 Å². The van der Waals surface area contributed by atoms with E-state index in [0.717, 1.165) is 12.1 Å². The van der Waals surface area contributed by atoms with Crippen molar-refractivity contribution in [1.82, 2.24) is 4.98 Å². The summed E-state index contributed by atoms with van der Waals surface area (Å²) in [5.41, 5.74) is 5.76. The average molecular weight is 344 g/mol. The maximum Gasteiger partial charge on any atom is 0.150 e. The lowest BCUT2D eigenvalue weighted by Gasteiger charge is -2.09. The van der Waals surface area contributed by atoms with Gasteiger partial charge in [0.15, 0.2) is 11.6 Å². The van der Waals surface area contributed by atoms with Crippen LogP contribution in [0.3, 0.4) is 0 Å². The van der Waals surface area contributed by atoms with Gasteiger partial charge in [-0.2, -0.15) is 0 Å². The molecule has 0 aliphatic carbocycles. The van der Waals surface area contributed by atoms with Crippen molar-refractivity contribution < 1.29 is 8.78 Å². The van der Waals surface area contributed by atoms with Crippen LogP contribution in [0.25, 0.3) is 0 Å². The highest BCUT2D eigenvalue weighted by molar-refractivity contribution is 9.10. The minimum absolute atomic E-state index is 0.183. The van der Waals surface area contributed by atoms with Gasteiger partial charge in [0.1, 0.15) is 16.5 Å². The van der Waals surface area contributed by atoms with Gasteiger partial charge in [0.25, 0.3) is 0 Å². The predicted octanol–water partition coefficient (Wildman–Crippen LogP) is 3.50. The molecule has 0 spiro atoms. The lowest BCUT2D eigenvalue weighted by atomic mass is 10.2. The summed E-state index contributed by atoms with van der Waals surface area (Å²) in [6.45, 7) is 0. The van der Waals surface area contributed by atoms with Crippen LogP contribution in [-0.2, 0) is 0 Å². The summed E-state index contributed by atoms with van der Waals surface area (Å²) in [4.78, 5) is 4.13. The van der Waals surface area contributed by atoms with Gasteiger partial charge in [-0.1, -0.05) is 28.1 Å². The topological polar surface area (TPSA) is 50.9 Å². The number of halogens is 3. The summed E-state index contributed by atoms with van der Waals surface area (Å²) in [6, 6.07) is 5.44. The van der Waals surface area contributed by atoms with E-state index < -0.39 is 11.6 Å². The standard InChI is InChI=1S/C12H8BrF2N3S/c13-7-4-8(14)11(9(15)5-7)18-10-3-6(12(16)19)1-2-17-10/h1-5H,(H2,16,19)(H,17,18). The van der Waals surface area contributed by atoms with Crippen LogP contribution in [0.2, 0.25) is 0 Å². The molecule has 19 heavy (non-hydrogen) atoms. The van der Waals surface area contributed by atoms with E-state index in [0.29, 0.717) is 10.0 Å². The fourth-order valence-corrected chi connectivity index (χ4v) is 1.97. The molecule has 1 heterocycles. The number of anilines is 2. The Labute approximate surface area is 122 Å². The molecule has 0 amide bonds. The fraction of sp³-hybridized carbons (Fsp3) is 0. The third-order valence-corrected chi connectivity index (χ3v) is 3.00. The molecule has 0 saturated carbocycles. The quantitative estimate of drug-likeness (QED) is 0.837. The number of nitrogens with zero attached hydrogens (tertiary/aromatic N) is 1. The number of nitrogens with two attached hydrogens (primary N) is 1. The molecule has 3 nitrogen and oxygen atoms in total. The smallest absolute Gasteiger partial charge is 0.150 e. The van der Waals surface area contributed by atoms with Crippen LogP contribution in [0.4, 0.5) is 20.3 Å². The van der Waals surface area contributed by atoms with Gasteiger partial charge in [0, 0.05) is 16.2 Å². The number of hydrogen-bond donors (Lipinski definition) is 2. The van der Waals surface area contributed by atoms with Crippen LogP contribution in [0, 0.1) is 11.6 Å². The van der Waals surface area contributed by atoms with Crippen molar-refractivity contribution in [1.29, 1.82) is 0 Å². The first kappa shape index (κ1) is 13.8. The van der Waals surface area contributed by atoms with Crippen molar-refractivity contribution in [2.24, 2.45) is 5.73 Å². The summed E-state index contributed by atoms with van der Waals surface area (Å²) in [5, 5.41) is 2.57. The highest BCUT2D eigenvalue weighted by atomic mass is 79.9. The van der Waals surface area contributed by atoms with E-state index in [1.807, 2.05) is 0 Å². The highest BCUT2D eigenvalue weighted by Gasteiger charge is 2.11. The molecule has 0 unspecified atom stereocenters. The van der Waals surface area contributed by atoms with Gasteiger partial charge in [-0.05, 0) is 24.3 Å². The average Bonchev–Trinajstić information content (AvgIpc) is 2.34. The number of rotatable bonds is 3.